The van der Waals surface area contributed by atoms with Crippen LogP contribution in [-0.2, 0) is 28.5 Å². The quantitative estimate of drug-likeness (QED) is 0.130. The van der Waals surface area contributed by atoms with Crippen molar-refractivity contribution in [3.8, 4) is 22.4 Å². The van der Waals surface area contributed by atoms with Crippen LogP contribution in [0.3, 0.4) is 0 Å². The average Bonchev–Trinajstić information content (AvgIpc) is 4.14. The second-order valence-corrected chi connectivity index (χ2v) is 19.3. The number of benzene rings is 2. The molecule has 2 aromatic heterocycles. The summed E-state index contributed by atoms with van der Waals surface area (Å²) in [5.41, 5.74) is 3.73. The van der Waals surface area contributed by atoms with E-state index in [4.69, 9.17) is 23.9 Å². The first kappa shape index (κ1) is 47.7. The standard InChI is InChI=1S/C50H67N9O8/c1-31(2)43(56(5)49(62)66-39-14-20-64-21-15-39)46(60)58-19-13-33(30-58)26-52-48-53-27-38(28-54-48)36-10-9-35-25-37(12-11-34(35)24-36)41-29-51-45(55-41)42-8-7-18-59(42)47(61)44(32(3)4)57(6)50(63)67-40-16-22-65-23-17-40/h9-12,24-25,27-29,31-33,39-40,42-44H,7-8,13-23,26,30H2,1-6H3,(H,51,55)(H,52,53,54)/t33-,42+,43+,44-/m1/s1. The van der Waals surface area contributed by atoms with Crippen molar-refractivity contribution in [1.29, 1.82) is 0 Å². The minimum absolute atomic E-state index is 0.0551. The van der Waals surface area contributed by atoms with Crippen molar-refractivity contribution in [2.45, 2.75) is 103 Å². The molecule has 4 fully saturated rings. The highest BCUT2D eigenvalue weighted by molar-refractivity contribution is 5.91. The molecule has 0 spiro atoms. The Morgan fingerprint density at radius 1 is 0.716 bits per heavy atom. The summed E-state index contributed by atoms with van der Waals surface area (Å²) in [6.45, 7) is 12.5. The van der Waals surface area contributed by atoms with Crippen molar-refractivity contribution < 1.29 is 38.1 Å². The lowest BCUT2D eigenvalue weighted by Crippen LogP contribution is -2.52. The van der Waals surface area contributed by atoms with Crippen LogP contribution in [0.4, 0.5) is 15.5 Å². The van der Waals surface area contributed by atoms with Gasteiger partial charge in [-0.15, -0.1) is 0 Å². The molecule has 4 atom stereocenters. The number of anilines is 1. The predicted molar refractivity (Wildman–Crippen MR) is 253 cm³/mol. The number of amides is 4. The number of H-pyrrole nitrogens is 1. The molecule has 360 valence electrons. The maximum atomic E-state index is 14.2. The van der Waals surface area contributed by atoms with Crippen molar-refractivity contribution in [2.75, 3.05) is 72.0 Å². The number of rotatable bonds is 14. The number of hydrogen-bond acceptors (Lipinski definition) is 12. The Morgan fingerprint density at radius 3 is 1.88 bits per heavy atom. The molecule has 17 heteroatoms. The summed E-state index contributed by atoms with van der Waals surface area (Å²) >= 11 is 0. The van der Waals surface area contributed by atoms with E-state index in [1.54, 1.807) is 14.1 Å². The van der Waals surface area contributed by atoms with Crippen LogP contribution in [-0.4, -0.2) is 155 Å². The molecule has 2 N–H and O–H groups in total. The van der Waals surface area contributed by atoms with Gasteiger partial charge in [-0.2, -0.15) is 0 Å². The summed E-state index contributed by atoms with van der Waals surface area (Å²) in [6, 6.07) is 11.1. The monoisotopic (exact) mass is 922 g/mol. The zero-order valence-corrected chi connectivity index (χ0v) is 39.8. The van der Waals surface area contributed by atoms with Gasteiger partial charge in [-0.3, -0.25) is 19.4 Å². The summed E-state index contributed by atoms with van der Waals surface area (Å²) in [7, 11) is 3.31. The molecule has 4 aliphatic rings. The normalized spacial score (nSPS) is 20.3. The van der Waals surface area contributed by atoms with E-state index in [2.05, 4.69) is 56.7 Å². The molecule has 4 saturated heterocycles. The first-order valence-electron chi connectivity index (χ1n) is 24.1. The third kappa shape index (κ3) is 11.2. The average molecular weight is 922 g/mol. The van der Waals surface area contributed by atoms with E-state index in [1.165, 1.54) is 9.80 Å². The van der Waals surface area contributed by atoms with E-state index in [0.29, 0.717) is 84.2 Å². The molecule has 0 bridgehead atoms. The SMILES string of the molecule is CC(C)[C@@H](C(=O)N1CC[C@H](CNc2ncc(-c3ccc4cc(-c5cnc([C@@H]6CCCN6C(=O)[C@@H](C(C)C)N(C)C(=O)OC6CCOCC6)[nH]5)ccc4c3)cn2)C1)N(C)C(=O)OC1CCOCC1. The number of hydrogen-bond donors (Lipinski definition) is 2. The van der Waals surface area contributed by atoms with E-state index < -0.39 is 24.3 Å². The van der Waals surface area contributed by atoms with Gasteiger partial charge in [0, 0.05) is 89.5 Å². The predicted octanol–water partition coefficient (Wildman–Crippen LogP) is 7.15. The van der Waals surface area contributed by atoms with Gasteiger partial charge in [0.05, 0.1) is 44.4 Å². The van der Waals surface area contributed by atoms with Gasteiger partial charge in [0.15, 0.2) is 0 Å². The van der Waals surface area contributed by atoms with E-state index in [-0.39, 0.29) is 47.8 Å². The minimum atomic E-state index is -0.664. The molecule has 17 nitrogen and oxygen atoms in total. The number of likely N-dealkylation sites (N-methyl/N-ethyl adjacent to an activating group) is 2. The van der Waals surface area contributed by atoms with Crippen LogP contribution in [0.2, 0.25) is 0 Å². The summed E-state index contributed by atoms with van der Waals surface area (Å²) in [4.78, 5) is 78.3. The summed E-state index contributed by atoms with van der Waals surface area (Å²) in [5.74, 6) is 1.13. The van der Waals surface area contributed by atoms with E-state index in [0.717, 1.165) is 58.2 Å². The van der Waals surface area contributed by atoms with Crippen molar-refractivity contribution in [3.05, 3.63) is 60.8 Å². The van der Waals surface area contributed by atoms with Crippen molar-refractivity contribution in [1.82, 2.24) is 39.5 Å². The Bertz CT molecular complexity index is 2340. The number of imidazole rings is 1. The van der Waals surface area contributed by atoms with Gasteiger partial charge >= 0.3 is 12.2 Å². The Balaban J connectivity index is 0.845. The smallest absolute Gasteiger partial charge is 0.410 e. The molecule has 2 aromatic carbocycles. The number of aromatic nitrogens is 4. The number of nitrogens with zero attached hydrogens (tertiary/aromatic N) is 7. The zero-order valence-electron chi connectivity index (χ0n) is 39.8. The number of fused-ring (bicyclic) bond motifs is 1. The van der Waals surface area contributed by atoms with Gasteiger partial charge in [-0.1, -0.05) is 52.0 Å². The Morgan fingerprint density at radius 2 is 1.28 bits per heavy atom. The van der Waals surface area contributed by atoms with Crippen LogP contribution >= 0.6 is 0 Å². The molecule has 8 rings (SSSR count). The maximum absolute atomic E-state index is 14.2. The Labute approximate surface area is 393 Å². The molecule has 0 saturated carbocycles. The van der Waals surface area contributed by atoms with Gasteiger partial charge in [-0.25, -0.2) is 24.5 Å². The zero-order chi connectivity index (χ0) is 47.2. The van der Waals surface area contributed by atoms with E-state index >= 15 is 0 Å². The molecular weight excluding hydrogens is 855 g/mol. The third-order valence-electron chi connectivity index (χ3n) is 13.8. The van der Waals surface area contributed by atoms with Crippen LogP contribution in [0.1, 0.15) is 84.5 Å². The van der Waals surface area contributed by atoms with E-state index in [1.807, 2.05) is 56.1 Å². The topological polar surface area (TPSA) is 185 Å². The highest BCUT2D eigenvalue weighted by atomic mass is 16.6. The second kappa shape index (κ2) is 21.4. The fourth-order valence-electron chi connectivity index (χ4n) is 9.98. The highest BCUT2D eigenvalue weighted by Crippen LogP contribution is 2.35. The van der Waals surface area contributed by atoms with Crippen LogP contribution in [0, 0.1) is 17.8 Å². The number of likely N-dealkylation sites (tertiary alicyclic amines) is 2. The number of ether oxygens (including phenoxy) is 4. The molecule has 4 aromatic rings. The van der Waals surface area contributed by atoms with Gasteiger partial charge in [0.2, 0.25) is 17.8 Å². The lowest BCUT2D eigenvalue weighted by molar-refractivity contribution is -0.139. The van der Waals surface area contributed by atoms with Crippen molar-refractivity contribution >= 4 is 40.7 Å². The molecule has 0 radical (unpaired) electrons. The first-order chi connectivity index (χ1) is 32.3. The fraction of sp³-hybridized carbons (Fsp3) is 0.580. The summed E-state index contributed by atoms with van der Waals surface area (Å²) in [6.07, 6.45) is 9.25. The molecule has 67 heavy (non-hydrogen) atoms. The fourth-order valence-corrected chi connectivity index (χ4v) is 9.98. The number of carbonyl (C=O) groups excluding carboxylic acids is 4. The molecule has 0 unspecified atom stereocenters. The van der Waals surface area contributed by atoms with Crippen LogP contribution in [0.25, 0.3) is 33.2 Å². The number of nitrogens with one attached hydrogen (secondary N) is 2. The first-order valence-corrected chi connectivity index (χ1v) is 24.1. The van der Waals surface area contributed by atoms with Crippen molar-refractivity contribution in [3.63, 3.8) is 0 Å². The van der Waals surface area contributed by atoms with E-state index in [9.17, 15) is 19.2 Å². The lowest BCUT2D eigenvalue weighted by atomic mass is 10.0. The van der Waals surface area contributed by atoms with Gasteiger partial charge in [-0.05, 0) is 65.5 Å². The maximum Gasteiger partial charge on any atom is 0.410 e. The van der Waals surface area contributed by atoms with Crippen LogP contribution in [0.15, 0.2) is 55.0 Å². The highest BCUT2D eigenvalue weighted by Gasteiger charge is 2.41. The number of carbonyl (C=O) groups is 4. The molecule has 6 heterocycles. The van der Waals surface area contributed by atoms with Gasteiger partial charge < -0.3 is 39.0 Å². The lowest BCUT2D eigenvalue weighted by Gasteiger charge is -2.35. The van der Waals surface area contributed by atoms with Crippen LogP contribution in [0.5, 0.6) is 0 Å². The molecule has 0 aliphatic carbocycles. The summed E-state index contributed by atoms with van der Waals surface area (Å²) in [5, 5.41) is 5.50. The van der Waals surface area contributed by atoms with Crippen LogP contribution < -0.4 is 5.32 Å². The largest absolute Gasteiger partial charge is 0.446 e. The number of aromatic amines is 1. The van der Waals surface area contributed by atoms with Crippen molar-refractivity contribution in [2.24, 2.45) is 17.8 Å². The molecule has 4 aliphatic heterocycles. The second-order valence-electron chi connectivity index (χ2n) is 19.3. The summed E-state index contributed by atoms with van der Waals surface area (Å²) < 4.78 is 22.3. The van der Waals surface area contributed by atoms with Gasteiger partial charge in [0.1, 0.15) is 30.1 Å². The van der Waals surface area contributed by atoms with Gasteiger partial charge in [0.25, 0.3) is 0 Å². The minimum Gasteiger partial charge on any atom is -0.446 e. The molecular formula is C50H67N9O8. The Kier molecular flexibility index (Phi) is 15.3. The Hall–Kier alpha value is -5.81. The third-order valence-corrected chi connectivity index (χ3v) is 13.8. The molecule has 4 amide bonds.